The van der Waals surface area contributed by atoms with E-state index in [1.165, 1.54) is 11.1 Å². The normalized spacial score (nSPS) is 9.76. The van der Waals surface area contributed by atoms with Crippen LogP contribution >= 0.6 is 0 Å². The molecule has 2 N–H and O–H groups in total. The maximum atomic E-state index is 11.3. The van der Waals surface area contributed by atoms with E-state index in [0.29, 0.717) is 12.4 Å². The molecule has 0 atom stereocenters. The smallest absolute Gasteiger partial charge is 0.356 e. The Hall–Kier alpha value is -2.18. The molecule has 0 aliphatic carbocycles. The van der Waals surface area contributed by atoms with Crippen LogP contribution < -0.4 is 10.2 Å². The third kappa shape index (κ3) is 3.71. The van der Waals surface area contributed by atoms with Crippen LogP contribution in [0.5, 0.6) is 0 Å². The summed E-state index contributed by atoms with van der Waals surface area (Å²) >= 11 is 0. The zero-order valence-corrected chi connectivity index (χ0v) is 9.67. The number of aromatic nitrogens is 2. The third-order valence-corrected chi connectivity index (χ3v) is 1.99. The molecule has 0 aromatic carbocycles. The quantitative estimate of drug-likeness (QED) is 0.734. The molecule has 0 bridgehead atoms. The number of aromatic carboxylic acids is 1. The Labute approximate surface area is 98.5 Å². The Morgan fingerprint density at radius 1 is 1.47 bits per heavy atom. The maximum absolute atomic E-state index is 11.3. The molecule has 1 aromatic heterocycles. The number of amides is 1. The average molecular weight is 238 g/mol. The highest BCUT2D eigenvalue weighted by atomic mass is 16.4. The molecular formula is C10H14N4O3. The highest BCUT2D eigenvalue weighted by Crippen LogP contribution is 2.07. The van der Waals surface area contributed by atoms with Crippen LogP contribution in [0.1, 0.15) is 17.4 Å². The first kappa shape index (κ1) is 12.9. The number of anilines is 1. The van der Waals surface area contributed by atoms with Crippen molar-refractivity contribution in [2.75, 3.05) is 25.0 Å². The van der Waals surface area contributed by atoms with Gasteiger partial charge in [0.15, 0.2) is 5.69 Å². The Balaban J connectivity index is 2.75. The van der Waals surface area contributed by atoms with Crippen molar-refractivity contribution < 1.29 is 14.7 Å². The minimum atomic E-state index is -1.15. The van der Waals surface area contributed by atoms with Crippen LogP contribution in [-0.4, -0.2) is 47.1 Å². The molecule has 1 heterocycles. The van der Waals surface area contributed by atoms with Crippen molar-refractivity contribution in [2.45, 2.75) is 6.92 Å². The van der Waals surface area contributed by atoms with Gasteiger partial charge in [-0.3, -0.25) is 9.78 Å². The van der Waals surface area contributed by atoms with Crippen LogP contribution in [0.4, 0.5) is 5.82 Å². The van der Waals surface area contributed by atoms with Crippen LogP contribution in [0, 0.1) is 0 Å². The topological polar surface area (TPSA) is 95.4 Å². The predicted octanol–water partition coefficient (Wildman–Crippen LogP) is -0.253. The van der Waals surface area contributed by atoms with E-state index in [1.54, 1.807) is 7.05 Å². The molecular weight excluding hydrogens is 224 g/mol. The van der Waals surface area contributed by atoms with Crippen molar-refractivity contribution >= 4 is 17.7 Å². The monoisotopic (exact) mass is 238 g/mol. The van der Waals surface area contributed by atoms with Gasteiger partial charge in [-0.05, 0) is 6.92 Å². The molecule has 0 fully saturated rings. The molecule has 0 saturated heterocycles. The van der Waals surface area contributed by atoms with Gasteiger partial charge in [-0.15, -0.1) is 0 Å². The Bertz CT molecular complexity index is 422. The van der Waals surface area contributed by atoms with Gasteiger partial charge in [0, 0.05) is 13.6 Å². The number of likely N-dealkylation sites (N-methyl/N-ethyl adjacent to an activating group) is 2. The van der Waals surface area contributed by atoms with E-state index in [9.17, 15) is 9.59 Å². The highest BCUT2D eigenvalue weighted by Gasteiger charge is 2.11. The molecule has 92 valence electrons. The second-order valence-electron chi connectivity index (χ2n) is 3.38. The van der Waals surface area contributed by atoms with Gasteiger partial charge in [-0.25, -0.2) is 9.78 Å². The summed E-state index contributed by atoms with van der Waals surface area (Å²) in [5, 5.41) is 11.4. The summed E-state index contributed by atoms with van der Waals surface area (Å²) in [5.74, 6) is -0.959. The van der Waals surface area contributed by atoms with E-state index < -0.39 is 5.97 Å². The predicted molar refractivity (Wildman–Crippen MR) is 60.9 cm³/mol. The molecule has 1 amide bonds. The summed E-state index contributed by atoms with van der Waals surface area (Å²) < 4.78 is 0. The summed E-state index contributed by atoms with van der Waals surface area (Å²) in [6.45, 7) is 2.47. The lowest BCUT2D eigenvalue weighted by molar-refractivity contribution is -0.119. The van der Waals surface area contributed by atoms with Crippen molar-refractivity contribution in [3.05, 3.63) is 18.1 Å². The summed E-state index contributed by atoms with van der Waals surface area (Å²) in [6, 6.07) is 0. The van der Waals surface area contributed by atoms with Crippen molar-refractivity contribution in [1.29, 1.82) is 0 Å². The highest BCUT2D eigenvalue weighted by molar-refractivity contribution is 5.85. The zero-order chi connectivity index (χ0) is 12.8. The van der Waals surface area contributed by atoms with Gasteiger partial charge in [0.2, 0.25) is 5.91 Å². The number of nitrogens with zero attached hydrogens (tertiary/aromatic N) is 3. The van der Waals surface area contributed by atoms with Crippen LogP contribution in [0.25, 0.3) is 0 Å². The fourth-order valence-electron chi connectivity index (χ4n) is 1.19. The van der Waals surface area contributed by atoms with Gasteiger partial charge in [0.05, 0.1) is 18.9 Å². The Kier molecular flexibility index (Phi) is 4.38. The summed E-state index contributed by atoms with van der Waals surface area (Å²) in [6.07, 6.45) is 2.57. The number of carboxylic acids is 1. The number of hydrogen-bond donors (Lipinski definition) is 2. The minimum Gasteiger partial charge on any atom is -0.476 e. The van der Waals surface area contributed by atoms with Crippen LogP contribution in [0.2, 0.25) is 0 Å². The van der Waals surface area contributed by atoms with Gasteiger partial charge >= 0.3 is 5.97 Å². The molecule has 0 saturated carbocycles. The number of carbonyl (C=O) groups is 2. The standard InChI is InChI=1S/C10H14N4O3/c1-3-12-9(15)6-14(2)8-5-11-4-7(13-8)10(16)17/h4-5H,3,6H2,1-2H3,(H,12,15)(H,16,17). The minimum absolute atomic E-state index is 0.103. The molecule has 1 rings (SSSR count). The van der Waals surface area contributed by atoms with Crippen molar-refractivity contribution in [1.82, 2.24) is 15.3 Å². The van der Waals surface area contributed by atoms with Gasteiger partial charge in [-0.2, -0.15) is 0 Å². The van der Waals surface area contributed by atoms with Gasteiger partial charge in [-0.1, -0.05) is 0 Å². The molecule has 0 radical (unpaired) electrons. The van der Waals surface area contributed by atoms with E-state index in [0.717, 1.165) is 6.20 Å². The fraction of sp³-hybridized carbons (Fsp3) is 0.400. The van der Waals surface area contributed by atoms with Crippen LogP contribution in [0.15, 0.2) is 12.4 Å². The molecule has 1 aromatic rings. The second-order valence-corrected chi connectivity index (χ2v) is 3.38. The van der Waals surface area contributed by atoms with Crippen LogP contribution in [0.3, 0.4) is 0 Å². The van der Waals surface area contributed by atoms with E-state index in [4.69, 9.17) is 5.11 Å². The van der Waals surface area contributed by atoms with Crippen molar-refractivity contribution in [3.63, 3.8) is 0 Å². The molecule has 7 nitrogen and oxygen atoms in total. The van der Waals surface area contributed by atoms with Gasteiger partial charge in [0.1, 0.15) is 5.82 Å². The molecule has 7 heteroatoms. The van der Waals surface area contributed by atoms with Gasteiger partial charge in [0.25, 0.3) is 0 Å². The average Bonchev–Trinajstić information content (AvgIpc) is 2.29. The van der Waals surface area contributed by atoms with E-state index >= 15 is 0 Å². The first-order valence-corrected chi connectivity index (χ1v) is 5.07. The van der Waals surface area contributed by atoms with Crippen molar-refractivity contribution in [3.8, 4) is 0 Å². The SMILES string of the molecule is CCNC(=O)CN(C)c1cncc(C(=O)O)n1. The first-order valence-electron chi connectivity index (χ1n) is 5.07. The largest absolute Gasteiger partial charge is 0.476 e. The molecule has 17 heavy (non-hydrogen) atoms. The first-order chi connectivity index (χ1) is 8.04. The summed E-state index contributed by atoms with van der Waals surface area (Å²) in [7, 11) is 1.64. The molecule has 0 spiro atoms. The lowest BCUT2D eigenvalue weighted by Crippen LogP contribution is -2.35. The van der Waals surface area contributed by atoms with E-state index in [1.807, 2.05) is 6.92 Å². The van der Waals surface area contributed by atoms with Crippen LogP contribution in [-0.2, 0) is 4.79 Å². The lowest BCUT2D eigenvalue weighted by Gasteiger charge is -2.16. The lowest BCUT2D eigenvalue weighted by atomic mass is 10.4. The molecule has 0 aliphatic heterocycles. The second kappa shape index (κ2) is 5.78. The number of nitrogens with one attached hydrogen (secondary N) is 1. The summed E-state index contributed by atoms with van der Waals surface area (Å²) in [5.41, 5.74) is -0.148. The van der Waals surface area contributed by atoms with Gasteiger partial charge < -0.3 is 15.3 Å². The number of rotatable bonds is 5. The zero-order valence-electron chi connectivity index (χ0n) is 9.67. The number of hydrogen-bond acceptors (Lipinski definition) is 5. The Morgan fingerprint density at radius 2 is 2.18 bits per heavy atom. The maximum Gasteiger partial charge on any atom is 0.356 e. The number of carbonyl (C=O) groups excluding carboxylic acids is 1. The number of carboxylic acid groups (broad SMARTS) is 1. The summed E-state index contributed by atoms with van der Waals surface area (Å²) in [4.78, 5) is 31.2. The third-order valence-electron chi connectivity index (χ3n) is 1.99. The Morgan fingerprint density at radius 3 is 2.76 bits per heavy atom. The molecule has 0 unspecified atom stereocenters. The van der Waals surface area contributed by atoms with Crippen molar-refractivity contribution in [2.24, 2.45) is 0 Å². The van der Waals surface area contributed by atoms with E-state index in [-0.39, 0.29) is 18.1 Å². The fourth-order valence-corrected chi connectivity index (χ4v) is 1.19. The molecule has 0 aliphatic rings. The van der Waals surface area contributed by atoms with E-state index in [2.05, 4.69) is 15.3 Å².